The SMILES string of the molecule is COc1ccc(Cl)c(Nc2nnccc2C#N)c1. The molecule has 1 N–H and O–H groups in total. The number of aromatic nitrogens is 2. The van der Waals surface area contributed by atoms with Crippen LogP contribution in [0.15, 0.2) is 30.5 Å². The molecular weight excluding hydrogens is 252 g/mol. The second-order valence-corrected chi connectivity index (χ2v) is 3.78. The van der Waals surface area contributed by atoms with Crippen molar-refractivity contribution in [3.8, 4) is 11.8 Å². The van der Waals surface area contributed by atoms with Crippen molar-refractivity contribution in [2.45, 2.75) is 0 Å². The van der Waals surface area contributed by atoms with Crippen molar-refractivity contribution >= 4 is 23.1 Å². The summed E-state index contributed by atoms with van der Waals surface area (Å²) in [7, 11) is 1.57. The third kappa shape index (κ3) is 2.50. The highest BCUT2D eigenvalue weighted by Gasteiger charge is 2.07. The molecule has 0 unspecified atom stereocenters. The van der Waals surface area contributed by atoms with E-state index >= 15 is 0 Å². The first-order valence-corrected chi connectivity index (χ1v) is 5.44. The number of methoxy groups -OCH3 is 1. The molecule has 0 atom stereocenters. The zero-order valence-corrected chi connectivity index (χ0v) is 10.3. The van der Waals surface area contributed by atoms with Gasteiger partial charge in [-0.1, -0.05) is 11.6 Å². The average molecular weight is 261 g/mol. The Morgan fingerprint density at radius 1 is 1.39 bits per heavy atom. The molecule has 0 aliphatic heterocycles. The van der Waals surface area contributed by atoms with Gasteiger partial charge >= 0.3 is 0 Å². The molecule has 6 heteroatoms. The van der Waals surface area contributed by atoms with E-state index in [2.05, 4.69) is 15.5 Å². The van der Waals surface area contributed by atoms with E-state index in [1.54, 1.807) is 31.4 Å². The standard InChI is InChI=1S/C12H9ClN4O/c1-18-9-2-3-10(13)11(6-9)16-12-8(7-14)4-5-15-17-12/h2-6H,1H3,(H,16,17). The summed E-state index contributed by atoms with van der Waals surface area (Å²) in [5.74, 6) is 1.01. The van der Waals surface area contributed by atoms with Crippen molar-refractivity contribution in [2.75, 3.05) is 12.4 Å². The van der Waals surface area contributed by atoms with Crippen molar-refractivity contribution in [3.63, 3.8) is 0 Å². The third-order valence-corrected chi connectivity index (χ3v) is 2.60. The highest BCUT2D eigenvalue weighted by molar-refractivity contribution is 6.33. The Morgan fingerprint density at radius 3 is 2.94 bits per heavy atom. The largest absolute Gasteiger partial charge is 0.497 e. The van der Waals surface area contributed by atoms with Crippen LogP contribution in [0.2, 0.25) is 5.02 Å². The first-order valence-electron chi connectivity index (χ1n) is 5.07. The number of hydrogen-bond acceptors (Lipinski definition) is 5. The van der Waals surface area contributed by atoms with Gasteiger partial charge in [0.2, 0.25) is 0 Å². The van der Waals surface area contributed by atoms with Crippen LogP contribution >= 0.6 is 11.6 Å². The highest BCUT2D eigenvalue weighted by Crippen LogP contribution is 2.29. The minimum absolute atomic E-state index is 0.357. The number of hydrogen-bond donors (Lipinski definition) is 1. The zero-order valence-electron chi connectivity index (χ0n) is 9.51. The van der Waals surface area contributed by atoms with Crippen molar-refractivity contribution in [1.29, 1.82) is 5.26 Å². The van der Waals surface area contributed by atoms with Gasteiger partial charge in [0.25, 0.3) is 0 Å². The van der Waals surface area contributed by atoms with Gasteiger partial charge in [-0.3, -0.25) is 0 Å². The van der Waals surface area contributed by atoms with Crippen LogP contribution < -0.4 is 10.1 Å². The summed E-state index contributed by atoms with van der Waals surface area (Å²) >= 11 is 6.05. The number of benzene rings is 1. The Bertz CT molecular complexity index is 609. The van der Waals surface area contributed by atoms with E-state index in [1.807, 2.05) is 6.07 Å². The number of nitriles is 1. The Balaban J connectivity index is 2.37. The summed E-state index contributed by atoms with van der Waals surface area (Å²) in [6, 6.07) is 8.76. The van der Waals surface area contributed by atoms with E-state index in [-0.39, 0.29) is 0 Å². The van der Waals surface area contributed by atoms with E-state index in [9.17, 15) is 0 Å². The third-order valence-electron chi connectivity index (χ3n) is 2.27. The number of anilines is 2. The Morgan fingerprint density at radius 2 is 2.22 bits per heavy atom. The first kappa shape index (κ1) is 12.1. The molecule has 0 aliphatic rings. The van der Waals surface area contributed by atoms with Gasteiger partial charge in [0.1, 0.15) is 11.8 Å². The van der Waals surface area contributed by atoms with Gasteiger partial charge in [0, 0.05) is 6.07 Å². The molecule has 1 heterocycles. The van der Waals surface area contributed by atoms with Crippen LogP contribution in [-0.4, -0.2) is 17.3 Å². The molecule has 0 aliphatic carbocycles. The van der Waals surface area contributed by atoms with E-state index in [0.717, 1.165) is 0 Å². The van der Waals surface area contributed by atoms with Crippen LogP contribution in [0.1, 0.15) is 5.56 Å². The second-order valence-electron chi connectivity index (χ2n) is 3.38. The molecule has 0 amide bonds. The lowest BCUT2D eigenvalue weighted by Gasteiger charge is -2.09. The summed E-state index contributed by atoms with van der Waals surface area (Å²) in [5, 5.41) is 20.0. The van der Waals surface area contributed by atoms with Gasteiger partial charge in [-0.15, -0.1) is 5.10 Å². The van der Waals surface area contributed by atoms with Gasteiger partial charge in [-0.2, -0.15) is 10.4 Å². The fraction of sp³-hybridized carbons (Fsp3) is 0.0833. The van der Waals surface area contributed by atoms with Gasteiger partial charge in [0.05, 0.1) is 29.6 Å². The summed E-state index contributed by atoms with van der Waals surface area (Å²) < 4.78 is 5.10. The van der Waals surface area contributed by atoms with Crippen LogP contribution in [0.25, 0.3) is 0 Å². The van der Waals surface area contributed by atoms with Gasteiger partial charge in [-0.25, -0.2) is 0 Å². The van der Waals surface area contributed by atoms with Crippen LogP contribution in [0.5, 0.6) is 5.75 Å². The maximum atomic E-state index is 8.95. The molecule has 0 saturated carbocycles. The Kier molecular flexibility index (Phi) is 3.60. The predicted molar refractivity (Wildman–Crippen MR) is 68.0 cm³/mol. The summed E-state index contributed by atoms with van der Waals surface area (Å²) in [6.45, 7) is 0. The Hall–Kier alpha value is -2.32. The fourth-order valence-corrected chi connectivity index (χ4v) is 1.53. The molecule has 18 heavy (non-hydrogen) atoms. The highest BCUT2D eigenvalue weighted by atomic mass is 35.5. The molecule has 1 aromatic heterocycles. The van der Waals surface area contributed by atoms with Crippen LogP contribution in [0, 0.1) is 11.3 Å². The lowest BCUT2D eigenvalue weighted by molar-refractivity contribution is 0.415. The smallest absolute Gasteiger partial charge is 0.171 e. The molecule has 90 valence electrons. The number of nitrogens with one attached hydrogen (secondary N) is 1. The van der Waals surface area contributed by atoms with Crippen molar-refractivity contribution in [1.82, 2.24) is 10.2 Å². The van der Waals surface area contributed by atoms with Crippen LogP contribution in [0.3, 0.4) is 0 Å². The molecule has 0 bridgehead atoms. The van der Waals surface area contributed by atoms with Crippen molar-refractivity contribution in [2.24, 2.45) is 0 Å². The molecule has 0 fully saturated rings. The molecule has 2 rings (SSSR count). The maximum Gasteiger partial charge on any atom is 0.171 e. The second kappa shape index (κ2) is 5.34. The number of halogens is 1. The first-order chi connectivity index (χ1) is 8.74. The van der Waals surface area contributed by atoms with Gasteiger partial charge < -0.3 is 10.1 Å². The number of ether oxygens (including phenoxy) is 1. The fourth-order valence-electron chi connectivity index (χ4n) is 1.37. The number of rotatable bonds is 3. The maximum absolute atomic E-state index is 8.95. The molecule has 0 spiro atoms. The van der Waals surface area contributed by atoms with Gasteiger partial charge in [-0.05, 0) is 18.2 Å². The van der Waals surface area contributed by atoms with Gasteiger partial charge in [0.15, 0.2) is 5.82 Å². The molecule has 0 saturated heterocycles. The molecule has 1 aromatic carbocycles. The molecule has 0 radical (unpaired) electrons. The van der Waals surface area contributed by atoms with Crippen molar-refractivity contribution in [3.05, 3.63) is 41.0 Å². The summed E-state index contributed by atoms with van der Waals surface area (Å²) in [4.78, 5) is 0. The minimum Gasteiger partial charge on any atom is -0.497 e. The van der Waals surface area contributed by atoms with E-state index in [4.69, 9.17) is 21.6 Å². The summed E-state index contributed by atoms with van der Waals surface area (Å²) in [5.41, 5.74) is 0.997. The quantitative estimate of drug-likeness (QED) is 0.919. The number of nitrogens with zero attached hydrogens (tertiary/aromatic N) is 3. The Labute approximate surface area is 109 Å². The average Bonchev–Trinajstić information content (AvgIpc) is 2.42. The minimum atomic E-state index is 0.357. The van der Waals surface area contributed by atoms with Crippen molar-refractivity contribution < 1.29 is 4.74 Å². The van der Waals surface area contributed by atoms with E-state index < -0.39 is 0 Å². The normalized spacial score (nSPS) is 9.61. The molecule has 5 nitrogen and oxygen atoms in total. The zero-order chi connectivity index (χ0) is 13.0. The summed E-state index contributed by atoms with van der Waals surface area (Å²) in [6.07, 6.45) is 1.46. The lowest BCUT2D eigenvalue weighted by atomic mass is 10.2. The molecule has 2 aromatic rings. The van der Waals surface area contributed by atoms with Crippen LogP contribution in [-0.2, 0) is 0 Å². The monoisotopic (exact) mass is 260 g/mol. The van der Waals surface area contributed by atoms with E-state index in [0.29, 0.717) is 27.8 Å². The van der Waals surface area contributed by atoms with E-state index in [1.165, 1.54) is 6.20 Å². The topological polar surface area (TPSA) is 70.8 Å². The molecular formula is C12H9ClN4O. The van der Waals surface area contributed by atoms with Crippen LogP contribution in [0.4, 0.5) is 11.5 Å². The predicted octanol–water partition coefficient (Wildman–Crippen LogP) is 2.75. The lowest BCUT2D eigenvalue weighted by Crippen LogP contribution is -1.99.